The van der Waals surface area contributed by atoms with Crippen LogP contribution in [0.4, 0.5) is 10.1 Å². The van der Waals surface area contributed by atoms with Crippen LogP contribution in [0.1, 0.15) is 61.0 Å². The largest absolute Gasteiger partial charge is 0.352 e. The highest BCUT2D eigenvalue weighted by Crippen LogP contribution is 2.26. The van der Waals surface area contributed by atoms with Gasteiger partial charge < -0.3 is 20.9 Å². The molecule has 1 aliphatic carbocycles. The van der Waals surface area contributed by atoms with Crippen LogP contribution >= 0.6 is 0 Å². The van der Waals surface area contributed by atoms with Crippen LogP contribution in [-0.2, 0) is 6.42 Å². The molecule has 1 aliphatic heterocycles. The second kappa shape index (κ2) is 12.3. The summed E-state index contributed by atoms with van der Waals surface area (Å²) in [4.78, 5) is 20.1. The van der Waals surface area contributed by atoms with E-state index in [9.17, 15) is 9.18 Å². The molecule has 2 fully saturated rings. The number of aryl methyl sites for hydroxylation is 1. The lowest BCUT2D eigenvalue weighted by atomic mass is 9.88. The van der Waals surface area contributed by atoms with Crippen molar-refractivity contribution in [1.29, 1.82) is 0 Å². The van der Waals surface area contributed by atoms with Crippen molar-refractivity contribution in [3.05, 3.63) is 65.0 Å². The van der Waals surface area contributed by atoms with Gasteiger partial charge in [-0.1, -0.05) is 19.1 Å². The molecule has 6 nitrogen and oxygen atoms in total. The van der Waals surface area contributed by atoms with E-state index >= 15 is 0 Å². The summed E-state index contributed by atoms with van der Waals surface area (Å²) in [5.41, 5.74) is 3.01. The predicted octanol–water partition coefficient (Wildman–Crippen LogP) is 4.75. The normalized spacial score (nSPS) is 22.8. The lowest BCUT2D eigenvalue weighted by Crippen LogP contribution is -2.53. The van der Waals surface area contributed by atoms with Crippen molar-refractivity contribution in [2.24, 2.45) is 10.9 Å². The van der Waals surface area contributed by atoms with Crippen molar-refractivity contribution in [3.8, 4) is 0 Å². The van der Waals surface area contributed by atoms with Gasteiger partial charge in [0.15, 0.2) is 5.96 Å². The second-order valence-corrected chi connectivity index (χ2v) is 10.5. The number of anilines is 1. The van der Waals surface area contributed by atoms with Crippen LogP contribution in [0.25, 0.3) is 0 Å². The van der Waals surface area contributed by atoms with Gasteiger partial charge in [-0.3, -0.25) is 4.79 Å². The average molecular weight is 494 g/mol. The molecule has 2 aromatic carbocycles. The van der Waals surface area contributed by atoms with Gasteiger partial charge in [0.05, 0.1) is 6.04 Å². The first-order valence-corrected chi connectivity index (χ1v) is 13.3. The molecule has 0 unspecified atom stereocenters. The number of amides is 1. The highest BCUT2D eigenvalue weighted by Gasteiger charge is 2.23. The molecule has 0 radical (unpaired) electrons. The summed E-state index contributed by atoms with van der Waals surface area (Å²) in [5.74, 6) is 1.34. The Kier molecular flexibility index (Phi) is 8.97. The summed E-state index contributed by atoms with van der Waals surface area (Å²) in [6.45, 7) is 9.55. The Labute approximate surface area is 214 Å². The number of nitrogens with zero attached hydrogens (tertiary/aromatic N) is 2. The Morgan fingerprint density at radius 1 is 1.11 bits per heavy atom. The van der Waals surface area contributed by atoms with Crippen molar-refractivity contribution in [1.82, 2.24) is 15.5 Å². The maximum atomic E-state index is 14.0. The van der Waals surface area contributed by atoms with Crippen LogP contribution in [0.3, 0.4) is 0 Å². The van der Waals surface area contributed by atoms with Gasteiger partial charge in [0.25, 0.3) is 5.91 Å². The van der Waals surface area contributed by atoms with Crippen molar-refractivity contribution >= 4 is 17.6 Å². The smallest absolute Gasteiger partial charge is 0.251 e. The first-order chi connectivity index (χ1) is 17.4. The summed E-state index contributed by atoms with van der Waals surface area (Å²) in [6, 6.07) is 13.5. The number of halogens is 1. The third kappa shape index (κ3) is 7.29. The first kappa shape index (κ1) is 26.1. The van der Waals surface area contributed by atoms with Crippen LogP contribution in [-0.4, -0.2) is 55.0 Å². The number of benzene rings is 2. The van der Waals surface area contributed by atoms with E-state index in [0.717, 1.165) is 55.6 Å². The van der Waals surface area contributed by atoms with Gasteiger partial charge in [-0.25, -0.2) is 9.38 Å². The second-order valence-electron chi connectivity index (χ2n) is 10.5. The molecule has 1 amide bonds. The van der Waals surface area contributed by atoms with Crippen LogP contribution in [0, 0.1) is 18.7 Å². The highest BCUT2D eigenvalue weighted by atomic mass is 19.1. The lowest BCUT2D eigenvalue weighted by Gasteiger charge is -2.35. The summed E-state index contributed by atoms with van der Waals surface area (Å²) >= 11 is 0. The van der Waals surface area contributed by atoms with Crippen molar-refractivity contribution < 1.29 is 9.18 Å². The number of guanidine groups is 1. The van der Waals surface area contributed by atoms with E-state index in [1.54, 1.807) is 6.07 Å². The molecule has 36 heavy (non-hydrogen) atoms. The van der Waals surface area contributed by atoms with E-state index < -0.39 is 0 Å². The Bertz CT molecular complexity index is 1050. The average Bonchev–Trinajstić information content (AvgIpc) is 2.86. The Morgan fingerprint density at radius 2 is 1.86 bits per heavy atom. The van der Waals surface area contributed by atoms with E-state index in [1.807, 2.05) is 37.3 Å². The predicted molar refractivity (Wildman–Crippen MR) is 145 cm³/mol. The van der Waals surface area contributed by atoms with Crippen LogP contribution in [0.5, 0.6) is 0 Å². The molecule has 1 atom stereocenters. The molecule has 3 N–H and O–H groups in total. The fourth-order valence-electron chi connectivity index (χ4n) is 4.96. The molecule has 1 saturated heterocycles. The summed E-state index contributed by atoms with van der Waals surface area (Å²) < 4.78 is 14.0. The zero-order chi connectivity index (χ0) is 25.5. The molecular formula is C29H40FN5O. The molecular weight excluding hydrogens is 453 g/mol. The Morgan fingerprint density at radius 3 is 2.56 bits per heavy atom. The first-order valence-electron chi connectivity index (χ1n) is 13.3. The number of piperazine rings is 1. The van der Waals surface area contributed by atoms with Gasteiger partial charge in [0.2, 0.25) is 0 Å². The zero-order valence-corrected chi connectivity index (χ0v) is 21.8. The van der Waals surface area contributed by atoms with Crippen molar-refractivity contribution in [3.63, 3.8) is 0 Å². The maximum Gasteiger partial charge on any atom is 0.251 e. The standard InChI is InChI=1S/C29H40FN5O/c1-20-5-10-25(11-6-20)33-29(35-17-16-31-22(3)19-35)34-26-12-8-24(9-13-26)28(36)32-15-14-23-7-4-21(2)18-27(23)30/h4,7-9,12-13,18,20,22,25,31H,5-6,10-11,14-17,19H2,1-3H3,(H,32,36)(H,33,34)/t20?,22-,25?/m0/s1. The van der Waals surface area contributed by atoms with Gasteiger partial charge in [-0.2, -0.15) is 0 Å². The number of rotatable bonds is 6. The third-order valence-electron chi connectivity index (χ3n) is 7.25. The monoisotopic (exact) mass is 493 g/mol. The van der Waals surface area contributed by atoms with E-state index in [0.29, 0.717) is 36.2 Å². The number of nitrogens with one attached hydrogen (secondary N) is 3. The number of aliphatic imine (C=N–C) groups is 1. The van der Waals surface area contributed by atoms with Crippen molar-refractivity contribution in [2.45, 2.75) is 65.0 Å². The number of hydrogen-bond acceptors (Lipinski definition) is 3. The molecule has 4 rings (SSSR count). The van der Waals surface area contributed by atoms with Crippen LogP contribution < -0.4 is 16.0 Å². The van der Waals surface area contributed by atoms with Crippen molar-refractivity contribution in [2.75, 3.05) is 31.5 Å². The van der Waals surface area contributed by atoms with Crippen LogP contribution in [0.2, 0.25) is 0 Å². The molecule has 1 heterocycles. The van der Waals surface area contributed by atoms with Gasteiger partial charge in [0.1, 0.15) is 5.82 Å². The summed E-state index contributed by atoms with van der Waals surface area (Å²) in [5, 5.41) is 9.95. The van der Waals surface area contributed by atoms with Crippen LogP contribution in [0.15, 0.2) is 47.5 Å². The lowest BCUT2D eigenvalue weighted by molar-refractivity contribution is 0.0954. The summed E-state index contributed by atoms with van der Waals surface area (Å²) in [6.07, 6.45) is 5.21. The Hall–Kier alpha value is -2.93. The molecule has 2 aromatic rings. The van der Waals surface area contributed by atoms with Gasteiger partial charge in [-0.05, 0) is 93.3 Å². The molecule has 0 aromatic heterocycles. The van der Waals surface area contributed by atoms with E-state index in [2.05, 4.69) is 34.7 Å². The fraction of sp³-hybridized carbons (Fsp3) is 0.517. The van der Waals surface area contributed by atoms with Gasteiger partial charge >= 0.3 is 0 Å². The molecule has 7 heteroatoms. The SMILES string of the molecule is Cc1ccc(CCNC(=O)c2ccc(NC(=NC3CCC(C)CC3)N3CCN[C@@H](C)C3)cc2)c(F)c1. The van der Waals surface area contributed by atoms with E-state index in [-0.39, 0.29) is 11.7 Å². The maximum absolute atomic E-state index is 14.0. The minimum absolute atomic E-state index is 0.157. The molecule has 1 saturated carbocycles. The molecule has 2 aliphatic rings. The zero-order valence-electron chi connectivity index (χ0n) is 21.8. The fourth-order valence-corrected chi connectivity index (χ4v) is 4.96. The van der Waals surface area contributed by atoms with E-state index in [4.69, 9.17) is 4.99 Å². The summed E-state index contributed by atoms with van der Waals surface area (Å²) in [7, 11) is 0. The molecule has 0 spiro atoms. The topological polar surface area (TPSA) is 68.8 Å². The highest BCUT2D eigenvalue weighted by molar-refractivity contribution is 5.96. The minimum atomic E-state index is -0.223. The minimum Gasteiger partial charge on any atom is -0.352 e. The molecule has 0 bridgehead atoms. The Balaban J connectivity index is 1.36. The third-order valence-corrected chi connectivity index (χ3v) is 7.25. The number of carbonyl (C=O) groups is 1. The number of hydrogen-bond donors (Lipinski definition) is 3. The van der Waals surface area contributed by atoms with E-state index in [1.165, 1.54) is 18.9 Å². The molecule has 194 valence electrons. The van der Waals surface area contributed by atoms with Gasteiger partial charge in [0, 0.05) is 43.5 Å². The quantitative estimate of drug-likeness (QED) is 0.401. The van der Waals surface area contributed by atoms with Gasteiger partial charge in [-0.15, -0.1) is 0 Å². The number of carbonyl (C=O) groups excluding carboxylic acids is 1.